The topological polar surface area (TPSA) is 116 Å². The van der Waals surface area contributed by atoms with Crippen LogP contribution in [0.1, 0.15) is 63.5 Å². The van der Waals surface area contributed by atoms with Crippen molar-refractivity contribution in [1.82, 2.24) is 10.2 Å². The van der Waals surface area contributed by atoms with Gasteiger partial charge in [-0.3, -0.25) is 15.0 Å². The Kier molecular flexibility index (Phi) is 6.43. The molecule has 0 bridgehead atoms. The van der Waals surface area contributed by atoms with Crippen LogP contribution < -0.4 is 11.1 Å². The van der Waals surface area contributed by atoms with Crippen LogP contribution in [0.5, 0.6) is 5.75 Å². The number of phenolic OH excluding ortho intramolecular Hbond substituents is 1. The first kappa shape index (κ1) is 22.6. The number of aryl methyl sites for hydroxylation is 1. The second-order valence-corrected chi connectivity index (χ2v) is 9.21. The third kappa shape index (κ3) is 4.18. The van der Waals surface area contributed by atoms with Crippen LogP contribution in [0.3, 0.4) is 0 Å². The molecule has 1 saturated carbocycles. The number of carbonyl (C=O) groups excluding carboxylic acids is 2. The molecule has 1 aliphatic heterocycles. The van der Waals surface area contributed by atoms with E-state index in [0.717, 1.165) is 30.6 Å². The lowest BCUT2D eigenvalue weighted by atomic mass is 9.56. The molecular formula is C23H35N3O4. The van der Waals surface area contributed by atoms with Crippen LogP contribution in [-0.2, 0) is 10.2 Å². The second-order valence-electron chi connectivity index (χ2n) is 9.21. The summed E-state index contributed by atoms with van der Waals surface area (Å²) in [4.78, 5) is 26.4. The van der Waals surface area contributed by atoms with Crippen molar-refractivity contribution in [3.8, 4) is 5.75 Å². The quantitative estimate of drug-likeness (QED) is 0.544. The van der Waals surface area contributed by atoms with Gasteiger partial charge in [0.15, 0.2) is 0 Å². The summed E-state index contributed by atoms with van der Waals surface area (Å²) in [7, 11) is 0. The number of nitrogens with two attached hydrogens (primary N) is 1. The highest BCUT2D eigenvalue weighted by Crippen LogP contribution is 2.52. The molecule has 166 valence electrons. The molecule has 1 saturated heterocycles. The molecule has 0 aromatic heterocycles. The van der Waals surface area contributed by atoms with Gasteiger partial charge in [-0.05, 0) is 75.3 Å². The lowest BCUT2D eigenvalue weighted by molar-refractivity contribution is -0.151. The Morgan fingerprint density at radius 3 is 2.63 bits per heavy atom. The largest absolute Gasteiger partial charge is 0.508 e. The van der Waals surface area contributed by atoms with E-state index in [4.69, 9.17) is 5.73 Å². The fourth-order valence-corrected chi connectivity index (χ4v) is 5.44. The molecule has 3 atom stereocenters. The Morgan fingerprint density at radius 1 is 1.33 bits per heavy atom. The van der Waals surface area contributed by atoms with Crippen molar-refractivity contribution >= 4 is 11.9 Å². The number of carbonyl (C=O) groups is 2. The average molecular weight is 418 g/mol. The Bertz CT molecular complexity index is 810. The summed E-state index contributed by atoms with van der Waals surface area (Å²) >= 11 is 0. The normalized spacial score (nSPS) is 29.5. The van der Waals surface area contributed by atoms with Gasteiger partial charge in [-0.25, -0.2) is 4.79 Å². The van der Waals surface area contributed by atoms with E-state index in [0.29, 0.717) is 18.8 Å². The number of benzene rings is 1. The molecular weight excluding hydrogens is 382 g/mol. The molecule has 30 heavy (non-hydrogen) atoms. The number of urea groups is 1. The van der Waals surface area contributed by atoms with Crippen molar-refractivity contribution < 1.29 is 19.8 Å². The zero-order chi connectivity index (χ0) is 22.1. The highest BCUT2D eigenvalue weighted by molar-refractivity contribution is 5.94. The lowest BCUT2D eigenvalue weighted by Crippen LogP contribution is -2.68. The summed E-state index contributed by atoms with van der Waals surface area (Å²) < 4.78 is 0. The van der Waals surface area contributed by atoms with Crippen molar-refractivity contribution in [3.63, 3.8) is 0 Å². The molecule has 7 nitrogen and oxygen atoms in total. The standard InChI is InChI=1S/C23H35N3O4/c1-4-9-23(30)16(3)26(14-17-6-7-17)11-10-22(23,13-20(28)25-21(24)29)19-12-18(27)8-5-15(19)2/h5,8,12,16-17,27,30H,4,6-7,9-11,13-14H2,1-3H3,(H3,24,25,28,29). The van der Waals surface area contributed by atoms with E-state index in [2.05, 4.69) is 10.2 Å². The number of aromatic hydroxyl groups is 1. The van der Waals surface area contributed by atoms with E-state index >= 15 is 0 Å². The van der Waals surface area contributed by atoms with E-state index in [9.17, 15) is 19.8 Å². The first-order valence-corrected chi connectivity index (χ1v) is 11.0. The summed E-state index contributed by atoms with van der Waals surface area (Å²) in [6.45, 7) is 7.68. The first-order chi connectivity index (χ1) is 14.1. The SMILES string of the molecule is CCCC1(O)C(C)N(CC2CC2)CCC1(CC(=O)NC(N)=O)c1cc(O)ccc1C. The third-order valence-corrected chi connectivity index (χ3v) is 7.18. The zero-order valence-electron chi connectivity index (χ0n) is 18.3. The van der Waals surface area contributed by atoms with Gasteiger partial charge < -0.3 is 15.9 Å². The molecule has 0 spiro atoms. The first-order valence-electron chi connectivity index (χ1n) is 11.0. The highest BCUT2D eigenvalue weighted by atomic mass is 16.3. The van der Waals surface area contributed by atoms with Gasteiger partial charge in [0.1, 0.15) is 5.75 Å². The van der Waals surface area contributed by atoms with Gasteiger partial charge in [-0.1, -0.05) is 19.4 Å². The lowest BCUT2D eigenvalue weighted by Gasteiger charge is -2.58. The van der Waals surface area contributed by atoms with Crippen molar-refractivity contribution in [2.24, 2.45) is 11.7 Å². The monoisotopic (exact) mass is 417 g/mol. The number of imide groups is 1. The second kappa shape index (κ2) is 8.55. The minimum Gasteiger partial charge on any atom is -0.508 e. The van der Waals surface area contributed by atoms with Crippen LogP contribution >= 0.6 is 0 Å². The van der Waals surface area contributed by atoms with E-state index in [1.165, 1.54) is 12.8 Å². The van der Waals surface area contributed by atoms with E-state index in [1.807, 2.05) is 26.8 Å². The third-order valence-electron chi connectivity index (χ3n) is 7.18. The molecule has 2 aliphatic rings. The number of hydrogen-bond acceptors (Lipinski definition) is 5. The van der Waals surface area contributed by atoms with Gasteiger partial charge in [-0.2, -0.15) is 0 Å². The summed E-state index contributed by atoms with van der Waals surface area (Å²) in [6.07, 6.45) is 4.19. The Labute approximate surface area is 178 Å². The van der Waals surface area contributed by atoms with Gasteiger partial charge in [0.2, 0.25) is 5.91 Å². The van der Waals surface area contributed by atoms with Crippen LogP contribution in [0.15, 0.2) is 18.2 Å². The minimum absolute atomic E-state index is 0.0711. The van der Waals surface area contributed by atoms with Gasteiger partial charge in [0.25, 0.3) is 0 Å². The number of aliphatic hydroxyl groups is 1. The number of rotatable bonds is 7. The number of nitrogens with zero attached hydrogens (tertiary/aromatic N) is 1. The van der Waals surface area contributed by atoms with Crippen LogP contribution in [0.2, 0.25) is 0 Å². The van der Waals surface area contributed by atoms with Gasteiger partial charge in [0, 0.05) is 24.4 Å². The van der Waals surface area contributed by atoms with E-state index in [-0.39, 0.29) is 18.2 Å². The molecule has 1 heterocycles. The van der Waals surface area contributed by atoms with Crippen molar-refractivity contribution in [3.05, 3.63) is 29.3 Å². The number of hydrogen-bond donors (Lipinski definition) is 4. The number of nitrogens with one attached hydrogen (secondary N) is 1. The fraction of sp³-hybridized carbons (Fsp3) is 0.652. The molecule has 0 radical (unpaired) electrons. The van der Waals surface area contributed by atoms with E-state index in [1.54, 1.807) is 12.1 Å². The maximum atomic E-state index is 12.8. The zero-order valence-corrected chi connectivity index (χ0v) is 18.3. The molecule has 1 aliphatic carbocycles. The molecule has 7 heteroatoms. The number of phenols is 1. The van der Waals surface area contributed by atoms with Crippen LogP contribution in [0.25, 0.3) is 0 Å². The van der Waals surface area contributed by atoms with Crippen LogP contribution in [0, 0.1) is 12.8 Å². The molecule has 5 N–H and O–H groups in total. The highest BCUT2D eigenvalue weighted by Gasteiger charge is 2.59. The molecule has 3 rings (SSSR count). The van der Waals surface area contributed by atoms with Crippen molar-refractivity contribution in [2.75, 3.05) is 13.1 Å². The summed E-state index contributed by atoms with van der Waals surface area (Å²) in [6, 6.07) is 4.01. The van der Waals surface area contributed by atoms with Crippen molar-refractivity contribution in [2.45, 2.75) is 76.4 Å². The van der Waals surface area contributed by atoms with Gasteiger partial charge >= 0.3 is 6.03 Å². The molecule has 3 unspecified atom stereocenters. The Balaban J connectivity index is 2.11. The van der Waals surface area contributed by atoms with Crippen molar-refractivity contribution in [1.29, 1.82) is 0 Å². The Morgan fingerprint density at radius 2 is 2.03 bits per heavy atom. The smallest absolute Gasteiger partial charge is 0.318 e. The summed E-state index contributed by atoms with van der Waals surface area (Å²) in [5, 5.41) is 24.7. The fourth-order valence-electron chi connectivity index (χ4n) is 5.44. The number of piperidine rings is 1. The maximum absolute atomic E-state index is 12.8. The van der Waals surface area contributed by atoms with E-state index < -0.39 is 23.0 Å². The number of likely N-dealkylation sites (tertiary alicyclic amines) is 1. The minimum atomic E-state index is -1.21. The van der Waals surface area contributed by atoms with Gasteiger partial charge in [0.05, 0.1) is 5.60 Å². The molecule has 2 fully saturated rings. The van der Waals surface area contributed by atoms with Crippen LogP contribution in [-0.4, -0.2) is 51.8 Å². The Hall–Kier alpha value is -2.12. The average Bonchev–Trinajstić information content (AvgIpc) is 3.48. The maximum Gasteiger partial charge on any atom is 0.318 e. The van der Waals surface area contributed by atoms with Gasteiger partial charge in [-0.15, -0.1) is 0 Å². The molecule has 1 aromatic carbocycles. The summed E-state index contributed by atoms with van der Waals surface area (Å²) in [5.41, 5.74) is 4.70. The molecule has 1 aromatic rings. The number of primary amides is 1. The predicted molar refractivity (Wildman–Crippen MR) is 115 cm³/mol. The number of amides is 3. The van der Waals surface area contributed by atoms with Crippen LogP contribution in [0.4, 0.5) is 4.79 Å². The predicted octanol–water partition coefficient (Wildman–Crippen LogP) is 2.56. The molecule has 3 amide bonds. The summed E-state index contributed by atoms with van der Waals surface area (Å²) in [5.74, 6) is 0.270.